The lowest BCUT2D eigenvalue weighted by molar-refractivity contribution is -0.129. The van der Waals surface area contributed by atoms with Crippen molar-refractivity contribution in [1.29, 1.82) is 0 Å². The maximum absolute atomic E-state index is 13.2. The Hall–Kier alpha value is -4.11. The molecule has 9 heteroatoms. The minimum absolute atomic E-state index is 0.0336. The van der Waals surface area contributed by atoms with E-state index < -0.39 is 11.2 Å². The summed E-state index contributed by atoms with van der Waals surface area (Å²) in [6.07, 6.45) is 0.0336. The first-order valence-corrected chi connectivity index (χ1v) is 12.7. The molecule has 1 N–H and O–H groups in total. The molecule has 0 spiro atoms. The molecule has 0 aromatic heterocycles. The fraction of sp³-hybridized carbons (Fsp3) is 0.214. The molecule has 0 radical (unpaired) electrons. The molecule has 1 atom stereocenters. The van der Waals surface area contributed by atoms with Gasteiger partial charge in [-0.15, -0.1) is 0 Å². The maximum atomic E-state index is 13.2. The zero-order chi connectivity index (χ0) is 26.2. The SMILES string of the molecule is CCOC(=O)c1ccc(NC(=O)[C@@H]2CC(=O)N(Cc3ccccc3)C(=Nc3ccc(OC)cc3)S2)cc1. The van der Waals surface area contributed by atoms with Gasteiger partial charge in [0, 0.05) is 12.1 Å². The van der Waals surface area contributed by atoms with Gasteiger partial charge in [-0.25, -0.2) is 9.79 Å². The lowest BCUT2D eigenvalue weighted by Gasteiger charge is -2.32. The molecular formula is C28H27N3O5S. The van der Waals surface area contributed by atoms with Crippen molar-refractivity contribution in [2.45, 2.75) is 25.1 Å². The Labute approximate surface area is 219 Å². The van der Waals surface area contributed by atoms with Crippen LogP contribution in [-0.2, 0) is 20.9 Å². The van der Waals surface area contributed by atoms with Gasteiger partial charge in [0.1, 0.15) is 11.0 Å². The van der Waals surface area contributed by atoms with Gasteiger partial charge in [0.15, 0.2) is 5.17 Å². The predicted molar refractivity (Wildman–Crippen MR) is 144 cm³/mol. The number of thioether (sulfide) groups is 1. The van der Waals surface area contributed by atoms with Crippen LogP contribution in [0.3, 0.4) is 0 Å². The Morgan fingerprint density at radius 2 is 1.73 bits per heavy atom. The lowest BCUT2D eigenvalue weighted by Crippen LogP contribution is -2.44. The summed E-state index contributed by atoms with van der Waals surface area (Å²) in [5.74, 6) is -0.230. The summed E-state index contributed by atoms with van der Waals surface area (Å²) in [4.78, 5) is 44.5. The van der Waals surface area contributed by atoms with Crippen LogP contribution < -0.4 is 10.1 Å². The number of carbonyl (C=O) groups is 3. The number of hydrogen-bond donors (Lipinski definition) is 1. The fourth-order valence-corrected chi connectivity index (χ4v) is 4.75. The van der Waals surface area contributed by atoms with E-state index in [0.29, 0.717) is 34.4 Å². The Morgan fingerprint density at radius 1 is 1.03 bits per heavy atom. The van der Waals surface area contributed by atoms with Crippen LogP contribution >= 0.6 is 11.8 Å². The molecule has 1 aliphatic rings. The Bertz CT molecular complexity index is 1280. The molecule has 8 nitrogen and oxygen atoms in total. The highest BCUT2D eigenvalue weighted by Crippen LogP contribution is 2.31. The highest BCUT2D eigenvalue weighted by Gasteiger charge is 2.36. The molecule has 1 aliphatic heterocycles. The summed E-state index contributed by atoms with van der Waals surface area (Å²) in [7, 11) is 1.59. The van der Waals surface area contributed by atoms with Gasteiger partial charge in [-0.1, -0.05) is 42.1 Å². The normalized spacial score (nSPS) is 16.4. The number of amides is 2. The van der Waals surface area contributed by atoms with E-state index >= 15 is 0 Å². The molecule has 0 bridgehead atoms. The van der Waals surface area contributed by atoms with E-state index in [1.807, 2.05) is 30.3 Å². The topological polar surface area (TPSA) is 97.3 Å². The maximum Gasteiger partial charge on any atom is 0.338 e. The second-order valence-electron chi connectivity index (χ2n) is 8.16. The van der Waals surface area contributed by atoms with Gasteiger partial charge in [-0.05, 0) is 61.0 Å². The molecule has 1 saturated heterocycles. The van der Waals surface area contributed by atoms with E-state index in [1.165, 1.54) is 11.8 Å². The van der Waals surface area contributed by atoms with Crippen molar-refractivity contribution < 1.29 is 23.9 Å². The number of hydrogen-bond acceptors (Lipinski definition) is 7. The first-order chi connectivity index (χ1) is 18.0. The van der Waals surface area contributed by atoms with Crippen molar-refractivity contribution in [2.75, 3.05) is 19.0 Å². The monoisotopic (exact) mass is 517 g/mol. The third kappa shape index (κ3) is 6.77. The molecule has 190 valence electrons. The molecule has 3 aromatic rings. The smallest absolute Gasteiger partial charge is 0.338 e. The largest absolute Gasteiger partial charge is 0.497 e. The van der Waals surface area contributed by atoms with Gasteiger partial charge in [-0.2, -0.15) is 0 Å². The average molecular weight is 518 g/mol. The summed E-state index contributed by atoms with van der Waals surface area (Å²) in [5.41, 5.74) is 2.52. The zero-order valence-electron chi connectivity index (χ0n) is 20.5. The van der Waals surface area contributed by atoms with E-state index in [-0.39, 0.29) is 24.8 Å². The average Bonchev–Trinajstić information content (AvgIpc) is 2.92. The first-order valence-electron chi connectivity index (χ1n) is 11.8. The fourth-order valence-electron chi connectivity index (χ4n) is 3.66. The number of ether oxygens (including phenoxy) is 2. The van der Waals surface area contributed by atoms with Gasteiger partial charge in [0.05, 0.1) is 31.5 Å². The molecule has 37 heavy (non-hydrogen) atoms. The van der Waals surface area contributed by atoms with Crippen LogP contribution in [0.4, 0.5) is 11.4 Å². The van der Waals surface area contributed by atoms with Crippen molar-refractivity contribution in [3.63, 3.8) is 0 Å². The number of amidine groups is 1. The summed E-state index contributed by atoms with van der Waals surface area (Å²) in [6.45, 7) is 2.38. The quantitative estimate of drug-likeness (QED) is 0.421. The van der Waals surface area contributed by atoms with Gasteiger partial charge in [-0.3, -0.25) is 14.5 Å². The van der Waals surface area contributed by atoms with Crippen molar-refractivity contribution in [2.24, 2.45) is 4.99 Å². The molecule has 1 heterocycles. The molecular weight excluding hydrogens is 490 g/mol. The van der Waals surface area contributed by atoms with Crippen molar-refractivity contribution in [3.8, 4) is 5.75 Å². The molecule has 2 amide bonds. The standard InChI is InChI=1S/C28H27N3O5S/c1-3-36-27(34)20-9-11-21(12-10-20)29-26(33)24-17-25(32)31(18-19-7-5-4-6-8-19)28(37-24)30-22-13-15-23(35-2)16-14-22/h4-16,24H,3,17-18H2,1-2H3,(H,29,33)/t24-/m0/s1. The minimum Gasteiger partial charge on any atom is -0.497 e. The third-order valence-corrected chi connectivity index (χ3v) is 6.76. The summed E-state index contributed by atoms with van der Waals surface area (Å²) in [6, 6.07) is 23.3. The first kappa shape index (κ1) is 26.0. The lowest BCUT2D eigenvalue weighted by atomic mass is 10.2. The van der Waals surface area contributed by atoms with E-state index in [2.05, 4.69) is 5.32 Å². The Balaban J connectivity index is 1.53. The van der Waals surface area contributed by atoms with Crippen LogP contribution in [0, 0.1) is 0 Å². The van der Waals surface area contributed by atoms with E-state index in [4.69, 9.17) is 14.5 Å². The number of aliphatic imine (C=N–C) groups is 1. The van der Waals surface area contributed by atoms with Gasteiger partial charge >= 0.3 is 5.97 Å². The zero-order valence-corrected chi connectivity index (χ0v) is 21.4. The number of esters is 1. The van der Waals surface area contributed by atoms with Crippen molar-refractivity contribution >= 4 is 46.1 Å². The Kier molecular flexibility index (Phi) is 8.58. The number of rotatable bonds is 8. The minimum atomic E-state index is -0.666. The number of anilines is 1. The number of nitrogens with zero attached hydrogens (tertiary/aromatic N) is 2. The van der Waals surface area contributed by atoms with E-state index in [1.54, 1.807) is 67.5 Å². The molecule has 3 aromatic carbocycles. The van der Waals surface area contributed by atoms with Crippen molar-refractivity contribution in [3.05, 3.63) is 90.0 Å². The van der Waals surface area contributed by atoms with E-state index in [9.17, 15) is 14.4 Å². The molecule has 4 rings (SSSR count). The van der Waals surface area contributed by atoms with Crippen LogP contribution in [0.15, 0.2) is 83.9 Å². The summed E-state index contributed by atoms with van der Waals surface area (Å²) in [5, 5.41) is 2.62. The number of carbonyl (C=O) groups excluding carboxylic acids is 3. The number of methoxy groups -OCH3 is 1. The second kappa shape index (κ2) is 12.2. The van der Waals surface area contributed by atoms with Gasteiger partial charge in [0.25, 0.3) is 0 Å². The molecule has 0 aliphatic carbocycles. The van der Waals surface area contributed by atoms with Crippen molar-refractivity contribution in [1.82, 2.24) is 4.90 Å². The van der Waals surface area contributed by atoms with Crippen LogP contribution in [0.25, 0.3) is 0 Å². The van der Waals surface area contributed by atoms with Crippen LogP contribution in [-0.4, -0.2) is 46.8 Å². The molecule has 0 saturated carbocycles. The van der Waals surface area contributed by atoms with Gasteiger partial charge in [0.2, 0.25) is 11.8 Å². The van der Waals surface area contributed by atoms with Crippen LogP contribution in [0.2, 0.25) is 0 Å². The summed E-state index contributed by atoms with van der Waals surface area (Å²) >= 11 is 1.25. The highest BCUT2D eigenvalue weighted by molar-refractivity contribution is 8.15. The van der Waals surface area contributed by atoms with Gasteiger partial charge < -0.3 is 14.8 Å². The number of nitrogens with one attached hydrogen (secondary N) is 1. The Morgan fingerprint density at radius 3 is 2.38 bits per heavy atom. The third-order valence-electron chi connectivity index (χ3n) is 5.58. The molecule has 0 unspecified atom stereocenters. The van der Waals surface area contributed by atoms with E-state index in [0.717, 1.165) is 5.56 Å². The second-order valence-corrected chi connectivity index (χ2v) is 9.33. The summed E-state index contributed by atoms with van der Waals surface area (Å²) < 4.78 is 10.2. The predicted octanol–water partition coefficient (Wildman–Crippen LogP) is 5.03. The van der Waals surface area contributed by atoms with Crippen LogP contribution in [0.1, 0.15) is 29.3 Å². The number of benzene rings is 3. The van der Waals surface area contributed by atoms with Crippen LogP contribution in [0.5, 0.6) is 5.75 Å². The highest BCUT2D eigenvalue weighted by atomic mass is 32.2. The molecule has 1 fully saturated rings.